The summed E-state index contributed by atoms with van der Waals surface area (Å²) in [6.07, 6.45) is 1.27. The number of amides is 1. The quantitative estimate of drug-likeness (QED) is 0.379. The first-order valence-corrected chi connectivity index (χ1v) is 11.2. The van der Waals surface area contributed by atoms with Crippen molar-refractivity contribution in [2.45, 2.75) is 5.16 Å². The van der Waals surface area contributed by atoms with Gasteiger partial charge in [-0.3, -0.25) is 19.6 Å². The molecule has 0 atom stereocenters. The van der Waals surface area contributed by atoms with E-state index in [1.165, 1.54) is 12.4 Å². The molecule has 0 aliphatic heterocycles. The van der Waals surface area contributed by atoms with Crippen LogP contribution >= 0.6 is 11.8 Å². The predicted octanol–water partition coefficient (Wildman–Crippen LogP) is 3.65. The first-order chi connectivity index (χ1) is 16.6. The Labute approximate surface area is 197 Å². The van der Waals surface area contributed by atoms with Gasteiger partial charge in [-0.1, -0.05) is 54.2 Å². The van der Waals surface area contributed by atoms with Crippen LogP contribution in [-0.4, -0.2) is 36.1 Å². The molecular weight excluding hydrogens is 455 g/mol. The Bertz CT molecular complexity index is 1550. The number of carbonyl (C=O) groups is 1. The molecule has 1 N–H and O–H groups in total. The van der Waals surface area contributed by atoms with Crippen molar-refractivity contribution in [2.24, 2.45) is 0 Å². The molecule has 1 amide bonds. The zero-order chi connectivity index (χ0) is 23.5. The van der Waals surface area contributed by atoms with E-state index in [0.29, 0.717) is 27.4 Å². The molecule has 0 fully saturated rings. The number of halogens is 1. The third kappa shape index (κ3) is 4.18. The second kappa shape index (κ2) is 9.28. The van der Waals surface area contributed by atoms with Crippen molar-refractivity contribution in [2.75, 3.05) is 11.2 Å². The normalized spacial score (nSPS) is 11.0. The van der Waals surface area contributed by atoms with E-state index in [1.54, 1.807) is 47.0 Å². The third-order valence-corrected chi connectivity index (χ3v) is 5.93. The minimum Gasteiger partial charge on any atom is -0.272 e. The molecule has 5 rings (SSSR count). The first kappa shape index (κ1) is 21.5. The van der Waals surface area contributed by atoms with Gasteiger partial charge >= 0.3 is 0 Å². The number of thioether (sulfide) groups is 1. The number of nitrogens with one attached hydrogen (secondary N) is 1. The van der Waals surface area contributed by atoms with Gasteiger partial charge in [0.2, 0.25) is 5.91 Å². The minimum absolute atomic E-state index is 0.0541. The van der Waals surface area contributed by atoms with Gasteiger partial charge in [-0.2, -0.15) is 0 Å². The van der Waals surface area contributed by atoms with E-state index in [-0.39, 0.29) is 11.3 Å². The monoisotopic (exact) mass is 472 g/mol. The zero-order valence-electron chi connectivity index (χ0n) is 17.6. The van der Waals surface area contributed by atoms with E-state index in [9.17, 15) is 14.0 Å². The molecule has 0 bridgehead atoms. The number of carbonyl (C=O) groups excluding carboxylic acids is 1. The van der Waals surface area contributed by atoms with Crippen LogP contribution in [-0.2, 0) is 4.79 Å². The molecule has 3 aromatic carbocycles. The van der Waals surface area contributed by atoms with Crippen molar-refractivity contribution in [1.82, 2.24) is 24.4 Å². The van der Waals surface area contributed by atoms with Crippen LogP contribution in [0.5, 0.6) is 0 Å². The fourth-order valence-corrected chi connectivity index (χ4v) is 4.18. The van der Waals surface area contributed by atoms with Gasteiger partial charge in [-0.15, -0.1) is 10.2 Å². The second-order valence-electron chi connectivity index (χ2n) is 7.22. The van der Waals surface area contributed by atoms with Gasteiger partial charge in [0.1, 0.15) is 12.1 Å². The predicted molar refractivity (Wildman–Crippen MR) is 128 cm³/mol. The van der Waals surface area contributed by atoms with E-state index < -0.39 is 11.7 Å². The van der Waals surface area contributed by atoms with E-state index in [2.05, 4.69) is 20.6 Å². The summed E-state index contributed by atoms with van der Waals surface area (Å²) in [4.78, 5) is 29.4. The number of hydrogen-bond donors (Lipinski definition) is 1. The molecule has 34 heavy (non-hydrogen) atoms. The van der Waals surface area contributed by atoms with Crippen molar-refractivity contribution >= 4 is 28.6 Å². The lowest BCUT2D eigenvalue weighted by Gasteiger charge is -2.11. The summed E-state index contributed by atoms with van der Waals surface area (Å²) in [5.74, 6) is -0.590. The minimum atomic E-state index is -0.431. The summed E-state index contributed by atoms with van der Waals surface area (Å²) in [7, 11) is 0. The molecule has 0 aliphatic carbocycles. The first-order valence-electron chi connectivity index (χ1n) is 10.3. The number of rotatable bonds is 6. The maximum Gasteiger partial charge on any atom is 0.280 e. The number of hydrogen-bond acceptors (Lipinski definition) is 6. The summed E-state index contributed by atoms with van der Waals surface area (Å²) in [6, 6.07) is 22.4. The van der Waals surface area contributed by atoms with Crippen LogP contribution in [0, 0.1) is 5.82 Å². The van der Waals surface area contributed by atoms with Crippen LogP contribution in [0.25, 0.3) is 28.0 Å². The molecule has 2 aromatic heterocycles. The topological polar surface area (TPSA) is 94.7 Å². The Morgan fingerprint density at radius 3 is 2.50 bits per heavy atom. The van der Waals surface area contributed by atoms with Crippen LogP contribution in [0.2, 0.25) is 0 Å². The average molecular weight is 473 g/mol. The number of para-hydroxylation sites is 2. The fraction of sp³-hybridized carbons (Fsp3) is 0.0417. The standard InChI is InChI=1S/C24H17FN6O2S/c25-19-12-6-4-10-17(19)22-27-28-24(31(22)16-8-2-1-3-9-16)34-14-21(32)29-30-15-26-20-13-7-5-11-18(20)23(30)33/h1-13,15H,14H2,(H,29,32). The molecule has 0 spiro atoms. The van der Waals surface area contributed by atoms with Crippen LogP contribution in [0.1, 0.15) is 0 Å². The molecule has 168 valence electrons. The molecule has 0 saturated carbocycles. The van der Waals surface area contributed by atoms with Gasteiger partial charge < -0.3 is 0 Å². The van der Waals surface area contributed by atoms with Crippen LogP contribution < -0.4 is 11.0 Å². The van der Waals surface area contributed by atoms with Gasteiger partial charge in [-0.25, -0.2) is 14.1 Å². The third-order valence-electron chi connectivity index (χ3n) is 5.01. The van der Waals surface area contributed by atoms with E-state index in [0.717, 1.165) is 22.1 Å². The number of benzene rings is 3. The molecule has 0 aliphatic rings. The van der Waals surface area contributed by atoms with E-state index in [1.807, 2.05) is 30.3 Å². The summed E-state index contributed by atoms with van der Waals surface area (Å²) >= 11 is 1.12. The van der Waals surface area contributed by atoms with Crippen molar-refractivity contribution in [3.05, 3.63) is 101 Å². The molecular formula is C24H17FN6O2S. The smallest absolute Gasteiger partial charge is 0.272 e. The van der Waals surface area contributed by atoms with Crippen molar-refractivity contribution in [1.29, 1.82) is 0 Å². The van der Waals surface area contributed by atoms with Gasteiger partial charge in [0.15, 0.2) is 11.0 Å². The van der Waals surface area contributed by atoms with Crippen molar-refractivity contribution in [3.8, 4) is 17.1 Å². The fourth-order valence-electron chi connectivity index (χ4n) is 3.44. The highest BCUT2D eigenvalue weighted by atomic mass is 32.2. The highest BCUT2D eigenvalue weighted by Crippen LogP contribution is 2.29. The number of aromatic nitrogens is 5. The molecule has 10 heteroatoms. The Balaban J connectivity index is 1.41. The molecule has 0 radical (unpaired) electrons. The molecule has 0 unspecified atom stereocenters. The summed E-state index contributed by atoms with van der Waals surface area (Å²) < 4.78 is 17.2. The lowest BCUT2D eigenvalue weighted by atomic mass is 10.2. The Hall–Kier alpha value is -4.31. The Morgan fingerprint density at radius 1 is 0.941 bits per heavy atom. The Kier molecular flexibility index (Phi) is 5.88. The maximum absolute atomic E-state index is 14.5. The maximum atomic E-state index is 14.5. The van der Waals surface area contributed by atoms with Crippen molar-refractivity contribution < 1.29 is 9.18 Å². The van der Waals surface area contributed by atoms with Gasteiger partial charge in [-0.05, 0) is 36.4 Å². The van der Waals surface area contributed by atoms with E-state index >= 15 is 0 Å². The highest BCUT2D eigenvalue weighted by molar-refractivity contribution is 7.99. The lowest BCUT2D eigenvalue weighted by Crippen LogP contribution is -2.34. The van der Waals surface area contributed by atoms with Gasteiger partial charge in [0, 0.05) is 5.69 Å². The van der Waals surface area contributed by atoms with Gasteiger partial charge in [0.05, 0.1) is 22.2 Å². The molecule has 8 nitrogen and oxygen atoms in total. The SMILES string of the molecule is O=C(CSc1nnc(-c2ccccc2F)n1-c1ccccc1)Nn1cnc2ccccc2c1=O. The van der Waals surface area contributed by atoms with Crippen molar-refractivity contribution in [3.63, 3.8) is 0 Å². The molecule has 0 saturated heterocycles. The largest absolute Gasteiger partial charge is 0.280 e. The second-order valence-corrected chi connectivity index (χ2v) is 8.16. The zero-order valence-corrected chi connectivity index (χ0v) is 18.4. The number of nitrogens with zero attached hydrogens (tertiary/aromatic N) is 5. The van der Waals surface area contributed by atoms with Crippen LogP contribution in [0.4, 0.5) is 4.39 Å². The molecule has 5 aromatic rings. The van der Waals surface area contributed by atoms with Gasteiger partial charge in [0.25, 0.3) is 5.56 Å². The highest BCUT2D eigenvalue weighted by Gasteiger charge is 2.19. The summed E-state index contributed by atoms with van der Waals surface area (Å²) in [5.41, 5.74) is 3.73. The summed E-state index contributed by atoms with van der Waals surface area (Å²) in [5, 5.41) is 9.19. The van der Waals surface area contributed by atoms with Crippen LogP contribution in [0.3, 0.4) is 0 Å². The summed E-state index contributed by atoms with van der Waals surface area (Å²) in [6.45, 7) is 0. The Morgan fingerprint density at radius 2 is 1.68 bits per heavy atom. The molecule has 2 heterocycles. The van der Waals surface area contributed by atoms with E-state index in [4.69, 9.17) is 0 Å². The lowest BCUT2D eigenvalue weighted by molar-refractivity contribution is -0.114. The number of fused-ring (bicyclic) bond motifs is 1. The average Bonchev–Trinajstić information content (AvgIpc) is 3.29. The van der Waals surface area contributed by atoms with Crippen LogP contribution in [0.15, 0.2) is 95.1 Å².